The maximum Gasteiger partial charge on any atom is 0.201 e. The van der Waals surface area contributed by atoms with Gasteiger partial charge in [0, 0.05) is 0 Å². The van der Waals surface area contributed by atoms with E-state index in [1.807, 2.05) is 0 Å². The Labute approximate surface area is 208 Å². The van der Waals surface area contributed by atoms with Gasteiger partial charge in [0.25, 0.3) is 0 Å². The van der Waals surface area contributed by atoms with Crippen LogP contribution in [0.4, 0.5) is 0 Å². The smallest absolute Gasteiger partial charge is 0.201 e. The first kappa shape index (κ1) is 28.8. The zero-order valence-electron chi connectivity index (χ0n) is 24.2. The van der Waals surface area contributed by atoms with E-state index in [0.717, 1.165) is 19.3 Å². The third-order valence-electron chi connectivity index (χ3n) is 9.05. The first-order valence-electron chi connectivity index (χ1n) is 13.3. The van der Waals surface area contributed by atoms with E-state index in [9.17, 15) is 0 Å². The molecule has 0 aromatic heterocycles. The fraction of sp³-hybridized carbons (Fsp3) is 0.793. The minimum Gasteiger partial charge on any atom is -0.410 e. The molecule has 0 aromatic rings. The summed E-state index contributed by atoms with van der Waals surface area (Å²) in [6.07, 6.45) is 3.29. The second kappa shape index (κ2) is 9.56. The highest BCUT2D eigenvalue weighted by Gasteiger charge is 2.53. The number of hydrogen-bond acceptors (Lipinski definition) is 2. The lowest BCUT2D eigenvalue weighted by molar-refractivity contribution is 0.107. The summed E-state index contributed by atoms with van der Waals surface area (Å²) < 4.78 is 14.3. The molecular formula is C29H54O2Si2. The van der Waals surface area contributed by atoms with E-state index in [4.69, 9.17) is 8.85 Å². The van der Waals surface area contributed by atoms with Crippen LogP contribution in [0.3, 0.4) is 0 Å². The molecule has 0 bridgehead atoms. The first-order chi connectivity index (χ1) is 14.8. The van der Waals surface area contributed by atoms with Crippen molar-refractivity contribution < 1.29 is 8.85 Å². The molecule has 2 nitrogen and oxygen atoms in total. The second-order valence-corrected chi connectivity index (χ2v) is 24.1. The Morgan fingerprint density at radius 3 is 1.82 bits per heavy atom. The Morgan fingerprint density at radius 2 is 1.39 bits per heavy atom. The molecule has 190 valence electrons. The van der Waals surface area contributed by atoms with Crippen LogP contribution in [-0.2, 0) is 8.85 Å². The molecule has 2 saturated carbocycles. The molecule has 2 atom stereocenters. The molecule has 0 aromatic carbocycles. The lowest BCUT2D eigenvalue weighted by Crippen LogP contribution is -2.52. The number of rotatable bonds is 7. The van der Waals surface area contributed by atoms with Crippen molar-refractivity contribution in [2.24, 2.45) is 5.41 Å². The molecule has 33 heavy (non-hydrogen) atoms. The van der Waals surface area contributed by atoms with Gasteiger partial charge in [-0.3, -0.25) is 0 Å². The highest BCUT2D eigenvalue weighted by Crippen LogP contribution is 2.54. The van der Waals surface area contributed by atoms with Gasteiger partial charge < -0.3 is 8.85 Å². The molecule has 2 aliphatic carbocycles. The summed E-state index contributed by atoms with van der Waals surface area (Å²) in [5.41, 5.74) is 6.94. The normalized spacial score (nSPS) is 27.0. The summed E-state index contributed by atoms with van der Waals surface area (Å²) in [6, 6.07) is 0. The SMILES string of the molecule is C=C1CC(C)(C)C(O[Si](C(C)C)(C(C)C)C(C)C)/C1=C1\CC[C@H](O[Si](C)(C)C(C)(C)C)C1=C. The van der Waals surface area contributed by atoms with Crippen LogP contribution >= 0.6 is 0 Å². The standard InChI is InChI=1S/C29H54O2Si2/c1-19(2)33(20(3)4,21(5)6)31-27-26(22(7)18-29(27,12)13)24-16-17-25(23(24)8)30-32(14,15)28(9,10)11/h19-21,25,27H,7-8,16-18H2,1-6,9-15H3/b26-24+/t25-,27?/m0/s1. The van der Waals surface area contributed by atoms with Crippen molar-refractivity contribution in [3.8, 4) is 0 Å². The molecular weight excluding hydrogens is 436 g/mol. The fourth-order valence-electron chi connectivity index (χ4n) is 6.29. The average Bonchev–Trinajstić information content (AvgIpc) is 3.06. The van der Waals surface area contributed by atoms with Crippen molar-refractivity contribution in [1.29, 1.82) is 0 Å². The molecule has 1 unspecified atom stereocenters. The Bertz CT molecular complexity index is 771. The van der Waals surface area contributed by atoms with E-state index in [1.54, 1.807) is 0 Å². The predicted octanol–water partition coefficient (Wildman–Crippen LogP) is 9.57. The topological polar surface area (TPSA) is 18.5 Å². The maximum atomic E-state index is 7.48. The third kappa shape index (κ3) is 5.24. The predicted molar refractivity (Wildman–Crippen MR) is 151 cm³/mol. The molecule has 4 heteroatoms. The molecule has 0 heterocycles. The van der Waals surface area contributed by atoms with Crippen molar-refractivity contribution in [1.82, 2.24) is 0 Å². The van der Waals surface area contributed by atoms with Gasteiger partial charge in [0.2, 0.25) is 8.32 Å². The van der Waals surface area contributed by atoms with Crippen LogP contribution in [0.25, 0.3) is 0 Å². The largest absolute Gasteiger partial charge is 0.410 e. The Hall–Kier alpha value is -0.426. The van der Waals surface area contributed by atoms with Crippen molar-refractivity contribution in [3.05, 3.63) is 35.5 Å². The summed E-state index contributed by atoms with van der Waals surface area (Å²) in [6.45, 7) is 39.9. The van der Waals surface area contributed by atoms with Gasteiger partial charge in [-0.1, -0.05) is 89.3 Å². The minimum atomic E-state index is -2.04. The van der Waals surface area contributed by atoms with Crippen molar-refractivity contribution in [3.63, 3.8) is 0 Å². The van der Waals surface area contributed by atoms with Crippen molar-refractivity contribution in [2.75, 3.05) is 0 Å². The van der Waals surface area contributed by atoms with E-state index >= 15 is 0 Å². The molecule has 0 aliphatic heterocycles. The molecule has 0 N–H and O–H groups in total. The van der Waals surface area contributed by atoms with Gasteiger partial charge in [0.05, 0.1) is 12.2 Å². The van der Waals surface area contributed by atoms with Crippen LogP contribution in [0.5, 0.6) is 0 Å². The molecule has 0 spiro atoms. The van der Waals surface area contributed by atoms with E-state index in [2.05, 4.69) is 102 Å². The molecule has 0 radical (unpaired) electrons. The van der Waals surface area contributed by atoms with Gasteiger partial charge >= 0.3 is 0 Å². The third-order valence-corrected chi connectivity index (χ3v) is 19.6. The van der Waals surface area contributed by atoms with Gasteiger partial charge in [-0.25, -0.2) is 0 Å². The van der Waals surface area contributed by atoms with Gasteiger partial charge in [0.15, 0.2) is 8.32 Å². The summed E-state index contributed by atoms with van der Waals surface area (Å²) >= 11 is 0. The Kier molecular flexibility index (Phi) is 8.34. The van der Waals surface area contributed by atoms with Crippen LogP contribution in [0.15, 0.2) is 35.5 Å². The van der Waals surface area contributed by atoms with Gasteiger partial charge in [-0.05, 0) is 81.7 Å². The quantitative estimate of drug-likeness (QED) is 0.331. The van der Waals surface area contributed by atoms with Crippen molar-refractivity contribution in [2.45, 2.75) is 142 Å². The zero-order valence-corrected chi connectivity index (χ0v) is 26.2. The summed E-state index contributed by atoms with van der Waals surface area (Å²) in [5, 5.41) is 0.199. The maximum absolute atomic E-state index is 7.48. The molecule has 2 rings (SSSR count). The van der Waals surface area contributed by atoms with E-state index < -0.39 is 16.6 Å². The van der Waals surface area contributed by atoms with Crippen molar-refractivity contribution >= 4 is 16.6 Å². The van der Waals surface area contributed by atoms with Gasteiger partial charge in [-0.2, -0.15) is 0 Å². The van der Waals surface area contributed by atoms with Gasteiger partial charge in [-0.15, -0.1) is 0 Å². The van der Waals surface area contributed by atoms with E-state index in [-0.39, 0.29) is 22.7 Å². The zero-order chi connectivity index (χ0) is 25.7. The van der Waals surface area contributed by atoms with Crippen LogP contribution in [0.1, 0.15) is 95.4 Å². The van der Waals surface area contributed by atoms with Crippen LogP contribution in [0, 0.1) is 5.41 Å². The lowest BCUT2D eigenvalue weighted by atomic mass is 9.87. The monoisotopic (exact) mass is 490 g/mol. The number of hydrogen-bond donors (Lipinski definition) is 0. The van der Waals surface area contributed by atoms with Crippen LogP contribution in [0.2, 0.25) is 34.8 Å². The second-order valence-electron chi connectivity index (χ2n) is 13.9. The molecule has 0 amide bonds. The highest BCUT2D eigenvalue weighted by molar-refractivity contribution is 6.77. The molecule has 2 fully saturated rings. The van der Waals surface area contributed by atoms with Crippen LogP contribution in [-0.4, -0.2) is 28.8 Å². The lowest BCUT2D eigenvalue weighted by Gasteiger charge is -2.47. The fourth-order valence-corrected chi connectivity index (χ4v) is 13.3. The van der Waals surface area contributed by atoms with E-state index in [1.165, 1.54) is 22.3 Å². The average molecular weight is 491 g/mol. The highest BCUT2D eigenvalue weighted by atomic mass is 28.4. The van der Waals surface area contributed by atoms with Crippen LogP contribution < -0.4 is 0 Å². The Morgan fingerprint density at radius 1 is 0.909 bits per heavy atom. The van der Waals surface area contributed by atoms with E-state index in [0.29, 0.717) is 16.6 Å². The summed E-state index contributed by atoms with van der Waals surface area (Å²) in [5.74, 6) is 0. The summed E-state index contributed by atoms with van der Waals surface area (Å²) in [7, 11) is -3.89. The molecule has 2 aliphatic rings. The Balaban J connectivity index is 2.51. The first-order valence-corrected chi connectivity index (χ1v) is 18.3. The molecule has 0 saturated heterocycles. The minimum absolute atomic E-state index is 0.0506. The van der Waals surface area contributed by atoms with Gasteiger partial charge in [0.1, 0.15) is 0 Å². The summed E-state index contributed by atoms with van der Waals surface area (Å²) in [4.78, 5) is 0.